The molecule has 0 spiro atoms. The van der Waals surface area contributed by atoms with Gasteiger partial charge in [0, 0.05) is 6.54 Å². The number of piperidine rings is 2. The van der Waals surface area contributed by atoms with E-state index < -0.39 is 0 Å². The molecule has 130 valence electrons. The van der Waals surface area contributed by atoms with Crippen molar-refractivity contribution in [3.8, 4) is 0 Å². The molecule has 0 saturated carbocycles. The van der Waals surface area contributed by atoms with Gasteiger partial charge in [0.2, 0.25) is 0 Å². The summed E-state index contributed by atoms with van der Waals surface area (Å²) in [4.78, 5) is 12.1. The van der Waals surface area contributed by atoms with E-state index >= 15 is 0 Å². The Kier molecular flexibility index (Phi) is 14.7. The van der Waals surface area contributed by atoms with Crippen LogP contribution in [-0.2, 0) is 4.79 Å². The van der Waals surface area contributed by atoms with Crippen LogP contribution in [0.15, 0.2) is 12.7 Å². The lowest BCUT2D eigenvalue weighted by Crippen LogP contribution is -2.31. The standard InChI is InChI=1S/C9H19NO.C5H11N.C4H6O/c1-9(11)5-8-10-6-3-2-4-7-10;1-2-4-6-5-3-1;1-3-4(2)5/h9,11H,2-8H2,1H3;6H,1-5H2;3H,1H2,2H3. The molecule has 4 heteroatoms. The highest BCUT2D eigenvalue weighted by Crippen LogP contribution is 2.09. The summed E-state index contributed by atoms with van der Waals surface area (Å²) in [5.41, 5.74) is 0. The first-order chi connectivity index (χ1) is 10.6. The van der Waals surface area contributed by atoms with Gasteiger partial charge >= 0.3 is 0 Å². The molecule has 0 aromatic heterocycles. The van der Waals surface area contributed by atoms with E-state index in [2.05, 4.69) is 16.8 Å². The Labute approximate surface area is 137 Å². The quantitative estimate of drug-likeness (QED) is 0.784. The molecular formula is C18H36N2O2. The third-order valence-electron chi connectivity index (χ3n) is 3.81. The lowest BCUT2D eigenvalue weighted by molar-refractivity contribution is -0.112. The number of likely N-dealkylation sites (tertiary alicyclic amines) is 1. The van der Waals surface area contributed by atoms with Crippen molar-refractivity contribution in [2.45, 2.75) is 64.9 Å². The van der Waals surface area contributed by atoms with Gasteiger partial charge in [-0.25, -0.2) is 0 Å². The fourth-order valence-corrected chi connectivity index (χ4v) is 2.35. The molecule has 2 N–H and O–H groups in total. The van der Waals surface area contributed by atoms with Crippen LogP contribution >= 0.6 is 0 Å². The summed E-state index contributed by atoms with van der Waals surface area (Å²) < 4.78 is 0. The summed E-state index contributed by atoms with van der Waals surface area (Å²) in [6, 6.07) is 0. The number of aliphatic hydroxyl groups is 1. The van der Waals surface area contributed by atoms with E-state index in [1.54, 1.807) is 0 Å². The Balaban J connectivity index is 0.000000338. The zero-order valence-electron chi connectivity index (χ0n) is 14.6. The number of aliphatic hydroxyl groups excluding tert-OH is 1. The van der Waals surface area contributed by atoms with E-state index in [4.69, 9.17) is 5.11 Å². The average molecular weight is 312 g/mol. The molecule has 0 bridgehead atoms. The van der Waals surface area contributed by atoms with Crippen molar-refractivity contribution < 1.29 is 9.90 Å². The number of carbonyl (C=O) groups excluding carboxylic acids is 1. The van der Waals surface area contributed by atoms with E-state index in [0.717, 1.165) is 13.0 Å². The molecule has 0 amide bonds. The van der Waals surface area contributed by atoms with Gasteiger partial charge in [-0.15, -0.1) is 0 Å². The van der Waals surface area contributed by atoms with E-state index in [9.17, 15) is 4.79 Å². The summed E-state index contributed by atoms with van der Waals surface area (Å²) in [6.07, 6.45) is 10.4. The van der Waals surface area contributed by atoms with Gasteiger partial charge in [0.1, 0.15) is 0 Å². The van der Waals surface area contributed by atoms with E-state index in [1.807, 2.05) is 6.92 Å². The van der Waals surface area contributed by atoms with Gasteiger partial charge in [-0.3, -0.25) is 4.79 Å². The minimum absolute atomic E-state index is 0.0185. The molecule has 0 aliphatic carbocycles. The number of ketones is 1. The monoisotopic (exact) mass is 312 g/mol. The second-order valence-corrected chi connectivity index (χ2v) is 6.17. The Morgan fingerprint density at radius 3 is 2.00 bits per heavy atom. The van der Waals surface area contributed by atoms with Crippen molar-refractivity contribution in [3.63, 3.8) is 0 Å². The number of allylic oxidation sites excluding steroid dienone is 1. The molecule has 2 rings (SSSR count). The Hall–Kier alpha value is -0.710. The summed E-state index contributed by atoms with van der Waals surface area (Å²) in [7, 11) is 0. The molecule has 2 aliphatic rings. The SMILES string of the molecule is C1CCNCC1.C=CC(C)=O.CC(O)CCN1CCCCC1. The minimum atomic E-state index is -0.128. The third-order valence-corrected chi connectivity index (χ3v) is 3.81. The van der Waals surface area contributed by atoms with Crippen LogP contribution in [0.25, 0.3) is 0 Å². The van der Waals surface area contributed by atoms with Crippen molar-refractivity contribution in [1.29, 1.82) is 0 Å². The zero-order chi connectivity index (χ0) is 16.6. The van der Waals surface area contributed by atoms with Crippen molar-refractivity contribution >= 4 is 5.78 Å². The highest BCUT2D eigenvalue weighted by atomic mass is 16.3. The molecular weight excluding hydrogens is 276 g/mol. The second-order valence-electron chi connectivity index (χ2n) is 6.17. The summed E-state index contributed by atoms with van der Waals surface area (Å²) in [5.74, 6) is 0.0185. The molecule has 0 aromatic rings. The first-order valence-electron chi connectivity index (χ1n) is 8.80. The predicted molar refractivity (Wildman–Crippen MR) is 94.2 cm³/mol. The van der Waals surface area contributed by atoms with Crippen LogP contribution < -0.4 is 5.32 Å². The third kappa shape index (κ3) is 15.7. The van der Waals surface area contributed by atoms with Crippen LogP contribution in [-0.4, -0.2) is 54.6 Å². The van der Waals surface area contributed by atoms with Crippen molar-refractivity contribution in [3.05, 3.63) is 12.7 Å². The van der Waals surface area contributed by atoms with Crippen LogP contribution in [0, 0.1) is 0 Å². The van der Waals surface area contributed by atoms with E-state index in [0.29, 0.717) is 0 Å². The Morgan fingerprint density at radius 2 is 1.68 bits per heavy atom. The smallest absolute Gasteiger partial charge is 0.152 e. The Morgan fingerprint density at radius 1 is 1.18 bits per heavy atom. The molecule has 0 aromatic carbocycles. The van der Waals surface area contributed by atoms with Crippen molar-refractivity contribution in [2.24, 2.45) is 0 Å². The molecule has 22 heavy (non-hydrogen) atoms. The molecule has 1 atom stereocenters. The molecule has 2 heterocycles. The number of carbonyl (C=O) groups is 1. The molecule has 2 fully saturated rings. The van der Waals surface area contributed by atoms with E-state index in [1.165, 1.54) is 77.7 Å². The average Bonchev–Trinajstić information content (AvgIpc) is 2.56. The number of hydrogen-bond acceptors (Lipinski definition) is 4. The lowest BCUT2D eigenvalue weighted by atomic mass is 10.1. The minimum Gasteiger partial charge on any atom is -0.393 e. The Bertz CT molecular complexity index is 259. The van der Waals surface area contributed by atoms with Gasteiger partial charge in [-0.05, 0) is 78.2 Å². The predicted octanol–water partition coefficient (Wildman–Crippen LogP) is 2.76. The zero-order valence-corrected chi connectivity index (χ0v) is 14.6. The highest BCUT2D eigenvalue weighted by molar-refractivity contribution is 5.86. The van der Waals surface area contributed by atoms with Gasteiger partial charge in [0.25, 0.3) is 0 Å². The van der Waals surface area contributed by atoms with Crippen LogP contribution in [0.2, 0.25) is 0 Å². The molecule has 2 saturated heterocycles. The van der Waals surface area contributed by atoms with Gasteiger partial charge in [-0.1, -0.05) is 19.4 Å². The van der Waals surface area contributed by atoms with Crippen LogP contribution in [0.3, 0.4) is 0 Å². The molecule has 4 nitrogen and oxygen atoms in total. The van der Waals surface area contributed by atoms with Gasteiger partial charge in [-0.2, -0.15) is 0 Å². The van der Waals surface area contributed by atoms with E-state index in [-0.39, 0.29) is 11.9 Å². The maximum Gasteiger partial charge on any atom is 0.152 e. The number of nitrogens with zero attached hydrogens (tertiary/aromatic N) is 1. The van der Waals surface area contributed by atoms with Gasteiger partial charge in [0.05, 0.1) is 6.10 Å². The molecule has 2 aliphatic heterocycles. The summed E-state index contributed by atoms with van der Waals surface area (Å²) >= 11 is 0. The molecule has 1 unspecified atom stereocenters. The van der Waals surface area contributed by atoms with Crippen molar-refractivity contribution in [1.82, 2.24) is 10.2 Å². The largest absolute Gasteiger partial charge is 0.393 e. The van der Waals surface area contributed by atoms with Gasteiger partial charge < -0.3 is 15.3 Å². The molecule has 0 radical (unpaired) electrons. The highest BCUT2D eigenvalue weighted by Gasteiger charge is 2.09. The maximum absolute atomic E-state index is 9.69. The maximum atomic E-state index is 9.69. The van der Waals surface area contributed by atoms with Crippen molar-refractivity contribution in [2.75, 3.05) is 32.7 Å². The second kappa shape index (κ2) is 15.2. The number of hydrogen-bond donors (Lipinski definition) is 2. The summed E-state index contributed by atoms with van der Waals surface area (Å²) in [5, 5.41) is 12.3. The van der Waals surface area contributed by atoms with Crippen LogP contribution in [0.5, 0.6) is 0 Å². The number of nitrogens with one attached hydrogen (secondary N) is 1. The summed E-state index contributed by atoms with van der Waals surface area (Å²) in [6.45, 7) is 12.6. The fraction of sp³-hybridized carbons (Fsp3) is 0.833. The fourth-order valence-electron chi connectivity index (χ4n) is 2.35. The lowest BCUT2D eigenvalue weighted by Gasteiger charge is -2.26. The topological polar surface area (TPSA) is 52.6 Å². The van der Waals surface area contributed by atoms with Gasteiger partial charge in [0.15, 0.2) is 5.78 Å². The normalized spacial score (nSPS) is 19.8. The first kappa shape index (κ1) is 21.3. The number of rotatable bonds is 4. The first-order valence-corrected chi connectivity index (χ1v) is 8.80. The van der Waals surface area contributed by atoms with Crippen LogP contribution in [0.1, 0.15) is 58.8 Å². The van der Waals surface area contributed by atoms with Crippen LogP contribution in [0.4, 0.5) is 0 Å².